The molecule has 0 aromatic rings. The van der Waals surface area contributed by atoms with Crippen molar-refractivity contribution in [2.75, 3.05) is 32.2 Å². The minimum Gasteiger partial charge on any atom is -0.396 e. The lowest BCUT2D eigenvalue weighted by Gasteiger charge is -2.37. The van der Waals surface area contributed by atoms with Crippen LogP contribution in [0.2, 0.25) is 0 Å². The molecule has 2 rings (SSSR count). The molecular weight excluding hydrogens is 224 g/mol. The van der Waals surface area contributed by atoms with Crippen LogP contribution in [0, 0.1) is 5.92 Å². The molecule has 4 heteroatoms. The minimum atomic E-state index is 0.0262. The van der Waals surface area contributed by atoms with Crippen molar-refractivity contribution in [2.45, 2.75) is 37.0 Å². The summed E-state index contributed by atoms with van der Waals surface area (Å²) in [7, 11) is 0. The monoisotopic (exact) mass is 246 g/mol. The molecule has 94 valence electrons. The Morgan fingerprint density at radius 1 is 1.50 bits per heavy atom. The highest BCUT2D eigenvalue weighted by molar-refractivity contribution is 7.99. The first kappa shape index (κ1) is 12.7. The molecule has 0 aromatic carbocycles. The summed E-state index contributed by atoms with van der Waals surface area (Å²) in [5, 5.41) is 9.70. The first-order valence-corrected chi connectivity index (χ1v) is 7.23. The van der Waals surface area contributed by atoms with Gasteiger partial charge in [0.1, 0.15) is 0 Å². The van der Waals surface area contributed by atoms with Gasteiger partial charge in [-0.15, -0.1) is 0 Å². The molecule has 3 nitrogen and oxygen atoms in total. The van der Waals surface area contributed by atoms with Crippen LogP contribution in [-0.4, -0.2) is 48.1 Å². The fourth-order valence-corrected chi connectivity index (χ4v) is 3.73. The third-order valence-corrected chi connectivity index (χ3v) is 5.08. The minimum absolute atomic E-state index is 0.0262. The summed E-state index contributed by atoms with van der Waals surface area (Å²) in [5.74, 6) is 1.46. The van der Waals surface area contributed by atoms with E-state index < -0.39 is 0 Å². The molecule has 16 heavy (non-hydrogen) atoms. The van der Waals surface area contributed by atoms with Crippen LogP contribution in [0.1, 0.15) is 26.2 Å². The van der Waals surface area contributed by atoms with Crippen LogP contribution in [0.15, 0.2) is 0 Å². The van der Waals surface area contributed by atoms with E-state index in [2.05, 4.69) is 6.92 Å². The van der Waals surface area contributed by atoms with E-state index in [9.17, 15) is 0 Å². The van der Waals surface area contributed by atoms with Crippen molar-refractivity contribution in [2.24, 2.45) is 5.92 Å². The maximum atomic E-state index is 9.01. The molecule has 3 unspecified atom stereocenters. The number of aliphatic hydroxyl groups excluding tert-OH is 1. The lowest BCUT2D eigenvalue weighted by Crippen LogP contribution is -2.41. The summed E-state index contributed by atoms with van der Waals surface area (Å²) in [5.41, 5.74) is 0.0262. The van der Waals surface area contributed by atoms with Gasteiger partial charge in [-0.25, -0.2) is 0 Å². The van der Waals surface area contributed by atoms with Gasteiger partial charge in [0.25, 0.3) is 0 Å². The Bertz CT molecular complexity index is 216. The van der Waals surface area contributed by atoms with Crippen LogP contribution in [0.4, 0.5) is 0 Å². The van der Waals surface area contributed by atoms with Crippen molar-refractivity contribution in [3.8, 4) is 0 Å². The van der Waals surface area contributed by atoms with Gasteiger partial charge in [0.2, 0.25) is 0 Å². The van der Waals surface area contributed by atoms with E-state index in [1.54, 1.807) is 0 Å². The Morgan fingerprint density at radius 2 is 2.38 bits per heavy atom. The second kappa shape index (κ2) is 5.71. The van der Waals surface area contributed by atoms with Crippen molar-refractivity contribution in [1.82, 2.24) is 0 Å². The first-order valence-electron chi connectivity index (χ1n) is 6.18. The molecule has 0 bridgehead atoms. The Morgan fingerprint density at radius 3 is 3.06 bits per heavy atom. The summed E-state index contributed by atoms with van der Waals surface area (Å²) >= 11 is 2.00. The highest BCUT2D eigenvalue weighted by atomic mass is 32.2. The van der Waals surface area contributed by atoms with Crippen LogP contribution in [-0.2, 0) is 9.47 Å². The number of thioether (sulfide) groups is 1. The average Bonchev–Trinajstić information content (AvgIpc) is 2.74. The first-order chi connectivity index (χ1) is 7.74. The average molecular weight is 246 g/mol. The molecule has 0 aliphatic carbocycles. The van der Waals surface area contributed by atoms with Crippen molar-refractivity contribution in [3.63, 3.8) is 0 Å². The van der Waals surface area contributed by atoms with Gasteiger partial charge in [0.15, 0.2) is 0 Å². The van der Waals surface area contributed by atoms with E-state index in [1.165, 1.54) is 0 Å². The van der Waals surface area contributed by atoms with E-state index in [0.717, 1.165) is 44.8 Å². The van der Waals surface area contributed by atoms with Crippen molar-refractivity contribution < 1.29 is 14.6 Å². The van der Waals surface area contributed by atoms with Crippen molar-refractivity contribution in [1.29, 1.82) is 0 Å². The van der Waals surface area contributed by atoms with Gasteiger partial charge in [-0.05, 0) is 24.5 Å². The van der Waals surface area contributed by atoms with Crippen LogP contribution in [0.3, 0.4) is 0 Å². The quantitative estimate of drug-likeness (QED) is 0.819. The van der Waals surface area contributed by atoms with Gasteiger partial charge in [0, 0.05) is 31.5 Å². The van der Waals surface area contributed by atoms with E-state index in [-0.39, 0.29) is 5.60 Å². The van der Waals surface area contributed by atoms with E-state index in [4.69, 9.17) is 14.6 Å². The topological polar surface area (TPSA) is 38.7 Å². The molecule has 1 spiro atoms. The number of hydrogen-bond acceptors (Lipinski definition) is 4. The molecule has 1 N–H and O–H groups in total. The molecule has 0 saturated carbocycles. The fourth-order valence-electron chi connectivity index (χ4n) is 2.34. The molecule has 2 fully saturated rings. The van der Waals surface area contributed by atoms with Crippen LogP contribution < -0.4 is 0 Å². The van der Waals surface area contributed by atoms with Gasteiger partial charge in [-0.1, -0.05) is 6.92 Å². The van der Waals surface area contributed by atoms with Crippen LogP contribution >= 0.6 is 11.8 Å². The Labute approximate surface area is 102 Å². The maximum Gasteiger partial charge on any atom is 0.0947 e. The predicted octanol–water partition coefficient (Wildman–Crippen LogP) is 1.69. The second-order valence-corrected chi connectivity index (χ2v) is 6.40. The summed E-state index contributed by atoms with van der Waals surface area (Å²) in [6.45, 7) is 4.89. The summed E-state index contributed by atoms with van der Waals surface area (Å²) < 4.78 is 11.4. The summed E-state index contributed by atoms with van der Waals surface area (Å²) in [6.07, 6.45) is 3.32. The lowest BCUT2D eigenvalue weighted by molar-refractivity contribution is -0.0769. The van der Waals surface area contributed by atoms with Gasteiger partial charge in [0.05, 0.1) is 12.2 Å². The zero-order valence-corrected chi connectivity index (χ0v) is 10.8. The third kappa shape index (κ3) is 3.13. The fraction of sp³-hybridized carbons (Fsp3) is 1.00. The van der Waals surface area contributed by atoms with Gasteiger partial charge in [-0.2, -0.15) is 11.8 Å². The zero-order chi connectivity index (χ0) is 11.4. The largest absolute Gasteiger partial charge is 0.396 e. The van der Waals surface area contributed by atoms with Gasteiger partial charge in [-0.3, -0.25) is 0 Å². The van der Waals surface area contributed by atoms with Crippen LogP contribution in [0.5, 0.6) is 0 Å². The zero-order valence-electron chi connectivity index (χ0n) is 9.98. The van der Waals surface area contributed by atoms with Crippen molar-refractivity contribution >= 4 is 11.8 Å². The standard InChI is InChI=1S/C12H22O3S/c1-10(7-13)8-16-11-2-4-15-12(6-11)3-5-14-9-12/h10-11,13H,2-9H2,1H3. The number of rotatable bonds is 4. The van der Waals surface area contributed by atoms with Crippen LogP contribution in [0.25, 0.3) is 0 Å². The van der Waals surface area contributed by atoms with Gasteiger partial charge < -0.3 is 14.6 Å². The highest BCUT2D eigenvalue weighted by Gasteiger charge is 2.41. The molecule has 0 amide bonds. The molecule has 3 atom stereocenters. The molecule has 2 aliphatic heterocycles. The number of aliphatic hydroxyl groups is 1. The smallest absolute Gasteiger partial charge is 0.0947 e. The lowest BCUT2D eigenvalue weighted by atomic mass is 9.93. The number of ether oxygens (including phenoxy) is 2. The van der Waals surface area contributed by atoms with E-state index in [0.29, 0.717) is 17.8 Å². The number of hydrogen-bond donors (Lipinski definition) is 1. The SMILES string of the molecule is CC(CO)CSC1CCOC2(CCOC2)C1. The van der Waals surface area contributed by atoms with E-state index in [1.807, 2.05) is 11.8 Å². The molecule has 0 radical (unpaired) electrons. The highest BCUT2D eigenvalue weighted by Crippen LogP contribution is 2.37. The Kier molecular flexibility index (Phi) is 4.53. The third-order valence-electron chi connectivity index (χ3n) is 3.44. The molecule has 2 saturated heterocycles. The summed E-state index contributed by atoms with van der Waals surface area (Å²) in [4.78, 5) is 0. The van der Waals surface area contributed by atoms with E-state index >= 15 is 0 Å². The molecule has 0 aromatic heterocycles. The van der Waals surface area contributed by atoms with Crippen molar-refractivity contribution in [3.05, 3.63) is 0 Å². The molecule has 2 heterocycles. The molecule has 2 aliphatic rings. The summed E-state index contributed by atoms with van der Waals surface area (Å²) in [6, 6.07) is 0. The van der Waals surface area contributed by atoms with Gasteiger partial charge >= 0.3 is 0 Å². The maximum absolute atomic E-state index is 9.01. The second-order valence-electron chi connectivity index (χ2n) is 5.07. The Balaban J connectivity index is 1.78. The predicted molar refractivity (Wildman–Crippen MR) is 65.8 cm³/mol. The molecular formula is C12H22O3S. The normalized spacial score (nSPS) is 36.8. The Hall–Kier alpha value is 0.230.